The van der Waals surface area contributed by atoms with E-state index in [1.165, 1.54) is 5.69 Å². The molecule has 124 valence electrons. The third-order valence-corrected chi connectivity index (χ3v) is 4.37. The van der Waals surface area contributed by atoms with Crippen molar-refractivity contribution in [3.8, 4) is 11.6 Å². The zero-order valence-corrected chi connectivity index (χ0v) is 13.7. The lowest BCUT2D eigenvalue weighted by Crippen LogP contribution is -2.34. The summed E-state index contributed by atoms with van der Waals surface area (Å²) < 4.78 is 7.44. The maximum absolute atomic E-state index is 6.02. The SMILES string of the molecule is Cc1ncc(CN2CCn3nc(-c4ncco4)c(C)c3C2)c(N)n1. The van der Waals surface area contributed by atoms with E-state index in [2.05, 4.69) is 31.9 Å². The van der Waals surface area contributed by atoms with E-state index in [1.54, 1.807) is 12.5 Å². The highest BCUT2D eigenvalue weighted by Gasteiger charge is 2.24. The van der Waals surface area contributed by atoms with Crippen molar-refractivity contribution in [3.05, 3.63) is 41.3 Å². The number of hydrogen-bond acceptors (Lipinski definition) is 7. The van der Waals surface area contributed by atoms with E-state index in [0.29, 0.717) is 17.5 Å². The van der Waals surface area contributed by atoms with Crippen LogP contribution in [-0.4, -0.2) is 36.2 Å². The number of anilines is 1. The Morgan fingerprint density at radius 2 is 2.12 bits per heavy atom. The maximum Gasteiger partial charge on any atom is 0.247 e. The molecule has 0 radical (unpaired) electrons. The molecule has 2 N–H and O–H groups in total. The van der Waals surface area contributed by atoms with Gasteiger partial charge in [0.05, 0.1) is 18.4 Å². The average Bonchev–Trinajstić information content (AvgIpc) is 3.19. The molecule has 3 aromatic heterocycles. The summed E-state index contributed by atoms with van der Waals surface area (Å²) in [6.07, 6.45) is 5.02. The van der Waals surface area contributed by atoms with Crippen molar-refractivity contribution in [1.29, 1.82) is 0 Å². The third-order valence-electron chi connectivity index (χ3n) is 4.37. The maximum atomic E-state index is 6.02. The monoisotopic (exact) mass is 325 g/mol. The summed E-state index contributed by atoms with van der Waals surface area (Å²) in [5.74, 6) is 1.82. The molecule has 8 heteroatoms. The smallest absolute Gasteiger partial charge is 0.247 e. The molecule has 1 aliphatic heterocycles. The number of hydrogen-bond donors (Lipinski definition) is 1. The first-order chi connectivity index (χ1) is 11.6. The topological polar surface area (TPSA) is 98.9 Å². The normalized spacial score (nSPS) is 14.8. The van der Waals surface area contributed by atoms with Crippen LogP contribution in [0.15, 0.2) is 23.1 Å². The Labute approximate surface area is 139 Å². The summed E-state index contributed by atoms with van der Waals surface area (Å²) in [4.78, 5) is 15.0. The summed E-state index contributed by atoms with van der Waals surface area (Å²) in [5.41, 5.74) is 10.1. The number of nitrogens with zero attached hydrogens (tertiary/aromatic N) is 6. The summed E-state index contributed by atoms with van der Waals surface area (Å²) >= 11 is 0. The van der Waals surface area contributed by atoms with E-state index >= 15 is 0 Å². The first-order valence-corrected chi connectivity index (χ1v) is 7.88. The number of aryl methyl sites for hydroxylation is 1. The zero-order valence-electron chi connectivity index (χ0n) is 13.7. The van der Waals surface area contributed by atoms with Crippen LogP contribution in [-0.2, 0) is 19.6 Å². The van der Waals surface area contributed by atoms with Crippen molar-refractivity contribution in [3.63, 3.8) is 0 Å². The van der Waals surface area contributed by atoms with Crippen LogP contribution in [0.5, 0.6) is 0 Å². The number of oxazole rings is 1. The molecule has 0 bridgehead atoms. The van der Waals surface area contributed by atoms with Crippen LogP contribution in [0.25, 0.3) is 11.6 Å². The van der Waals surface area contributed by atoms with Gasteiger partial charge in [0.15, 0.2) is 5.69 Å². The molecule has 4 heterocycles. The number of fused-ring (bicyclic) bond motifs is 1. The van der Waals surface area contributed by atoms with Crippen LogP contribution < -0.4 is 5.73 Å². The summed E-state index contributed by atoms with van der Waals surface area (Å²) in [7, 11) is 0. The predicted octanol–water partition coefficient (Wildman–Crippen LogP) is 1.54. The third kappa shape index (κ3) is 2.54. The molecular formula is C16H19N7O. The Bertz CT molecular complexity index is 869. The number of nitrogens with two attached hydrogens (primary N) is 1. The molecule has 4 rings (SSSR count). The van der Waals surface area contributed by atoms with Crippen molar-refractivity contribution < 1.29 is 4.42 Å². The van der Waals surface area contributed by atoms with Gasteiger partial charge in [0.25, 0.3) is 0 Å². The second-order valence-corrected chi connectivity index (χ2v) is 6.02. The van der Waals surface area contributed by atoms with E-state index in [4.69, 9.17) is 10.2 Å². The second kappa shape index (κ2) is 5.72. The van der Waals surface area contributed by atoms with Crippen molar-refractivity contribution in [1.82, 2.24) is 29.6 Å². The largest absolute Gasteiger partial charge is 0.443 e. The van der Waals surface area contributed by atoms with Gasteiger partial charge in [-0.2, -0.15) is 5.10 Å². The molecule has 0 spiro atoms. The van der Waals surface area contributed by atoms with Crippen molar-refractivity contribution >= 4 is 5.82 Å². The van der Waals surface area contributed by atoms with Gasteiger partial charge in [0.1, 0.15) is 17.9 Å². The highest BCUT2D eigenvalue weighted by Crippen LogP contribution is 2.27. The molecule has 0 aromatic carbocycles. The van der Waals surface area contributed by atoms with Gasteiger partial charge in [0, 0.05) is 37.0 Å². The molecule has 0 amide bonds. The molecule has 0 atom stereocenters. The van der Waals surface area contributed by atoms with E-state index in [0.717, 1.165) is 43.0 Å². The van der Waals surface area contributed by atoms with Crippen LogP contribution in [0.1, 0.15) is 22.6 Å². The zero-order chi connectivity index (χ0) is 16.7. The van der Waals surface area contributed by atoms with Crippen LogP contribution in [0.2, 0.25) is 0 Å². The van der Waals surface area contributed by atoms with Crippen LogP contribution in [0, 0.1) is 13.8 Å². The molecule has 0 saturated heterocycles. The standard InChI is InChI=1S/C16H19N7O/c1-10-13-9-22(8-12-7-19-11(2)20-15(12)17)4-5-23(13)21-14(10)16-18-3-6-24-16/h3,6-7H,4-5,8-9H2,1-2H3,(H2,17,19,20). The van der Waals surface area contributed by atoms with Crippen molar-refractivity contribution in [2.75, 3.05) is 12.3 Å². The van der Waals surface area contributed by atoms with E-state index in [9.17, 15) is 0 Å². The minimum atomic E-state index is 0.554. The predicted molar refractivity (Wildman–Crippen MR) is 87.8 cm³/mol. The first kappa shape index (κ1) is 14.8. The van der Waals surface area contributed by atoms with Crippen LogP contribution in [0.4, 0.5) is 5.82 Å². The van der Waals surface area contributed by atoms with Gasteiger partial charge in [-0.25, -0.2) is 15.0 Å². The van der Waals surface area contributed by atoms with E-state index < -0.39 is 0 Å². The van der Waals surface area contributed by atoms with Crippen LogP contribution >= 0.6 is 0 Å². The Balaban J connectivity index is 1.57. The van der Waals surface area contributed by atoms with Gasteiger partial charge in [0.2, 0.25) is 5.89 Å². The molecular weight excluding hydrogens is 306 g/mol. The first-order valence-electron chi connectivity index (χ1n) is 7.88. The lowest BCUT2D eigenvalue weighted by atomic mass is 10.1. The molecule has 3 aromatic rings. The van der Waals surface area contributed by atoms with E-state index in [1.807, 2.05) is 17.8 Å². The molecule has 24 heavy (non-hydrogen) atoms. The molecule has 0 aliphatic carbocycles. The molecule has 0 saturated carbocycles. The van der Waals surface area contributed by atoms with Gasteiger partial charge in [-0.1, -0.05) is 0 Å². The minimum absolute atomic E-state index is 0.554. The van der Waals surface area contributed by atoms with Crippen molar-refractivity contribution in [2.45, 2.75) is 33.5 Å². The van der Waals surface area contributed by atoms with Gasteiger partial charge in [-0.3, -0.25) is 9.58 Å². The van der Waals surface area contributed by atoms with Gasteiger partial charge in [-0.15, -0.1) is 0 Å². The lowest BCUT2D eigenvalue weighted by Gasteiger charge is -2.28. The Hall–Kier alpha value is -2.74. The molecule has 1 aliphatic rings. The van der Waals surface area contributed by atoms with Gasteiger partial charge >= 0.3 is 0 Å². The lowest BCUT2D eigenvalue weighted by molar-refractivity contribution is 0.204. The number of rotatable bonds is 3. The minimum Gasteiger partial charge on any atom is -0.443 e. The number of aromatic nitrogens is 5. The van der Waals surface area contributed by atoms with Crippen LogP contribution in [0.3, 0.4) is 0 Å². The summed E-state index contributed by atoms with van der Waals surface area (Å²) in [6, 6.07) is 0. The second-order valence-electron chi connectivity index (χ2n) is 6.02. The number of nitrogen functional groups attached to an aromatic ring is 1. The van der Waals surface area contributed by atoms with Gasteiger partial charge < -0.3 is 10.2 Å². The fourth-order valence-corrected chi connectivity index (χ4v) is 3.05. The highest BCUT2D eigenvalue weighted by atomic mass is 16.3. The molecule has 0 fully saturated rings. The quantitative estimate of drug-likeness (QED) is 0.779. The fraction of sp³-hybridized carbons (Fsp3) is 0.375. The Morgan fingerprint density at radius 1 is 1.25 bits per heavy atom. The molecule has 8 nitrogen and oxygen atoms in total. The van der Waals surface area contributed by atoms with Gasteiger partial charge in [-0.05, 0) is 13.8 Å². The molecule has 0 unspecified atom stereocenters. The summed E-state index contributed by atoms with van der Waals surface area (Å²) in [6.45, 7) is 7.15. The fourth-order valence-electron chi connectivity index (χ4n) is 3.05. The average molecular weight is 325 g/mol. The Kier molecular flexibility index (Phi) is 3.53. The van der Waals surface area contributed by atoms with Crippen molar-refractivity contribution in [2.24, 2.45) is 0 Å². The Morgan fingerprint density at radius 3 is 2.88 bits per heavy atom. The highest BCUT2D eigenvalue weighted by molar-refractivity contribution is 5.54. The summed E-state index contributed by atoms with van der Waals surface area (Å²) in [5, 5.41) is 4.65. The van der Waals surface area contributed by atoms with E-state index in [-0.39, 0.29) is 0 Å².